The van der Waals surface area contributed by atoms with Crippen molar-refractivity contribution < 1.29 is 17.6 Å². The monoisotopic (exact) mass is 384 g/mol. The average molecular weight is 385 g/mol. The van der Waals surface area contributed by atoms with E-state index in [-0.39, 0.29) is 27.2 Å². The molecule has 25 heavy (non-hydrogen) atoms. The maximum atomic E-state index is 13.2. The number of halogens is 2. The highest BCUT2D eigenvalue weighted by atomic mass is 35.5. The van der Waals surface area contributed by atoms with Gasteiger partial charge in [0, 0.05) is 18.8 Å². The minimum atomic E-state index is -3.76. The first-order valence-electron chi connectivity index (χ1n) is 7.47. The van der Waals surface area contributed by atoms with Crippen molar-refractivity contribution in [1.29, 1.82) is 0 Å². The van der Waals surface area contributed by atoms with Crippen LogP contribution in [-0.2, 0) is 10.0 Å². The van der Waals surface area contributed by atoms with Crippen LogP contribution in [0.4, 0.5) is 10.1 Å². The van der Waals surface area contributed by atoms with Gasteiger partial charge in [0.05, 0.1) is 15.5 Å². The Bertz CT molecular complexity index is 901. The maximum Gasteiger partial charge on any atom is 0.257 e. The molecule has 0 saturated carbocycles. The van der Waals surface area contributed by atoms with E-state index in [0.29, 0.717) is 0 Å². The standard InChI is InChI=1S/C17H18ClFN2O3S/c1-11(2)21(3)25(23,24)14-7-8-16(18)15(10-14)17(22)20-13-6-4-5-12(19)9-13/h4-11H,1-3H3,(H,20,22). The van der Waals surface area contributed by atoms with Crippen molar-refractivity contribution in [3.8, 4) is 0 Å². The number of hydrogen-bond donors (Lipinski definition) is 1. The second-order valence-corrected chi connectivity index (χ2v) is 8.13. The van der Waals surface area contributed by atoms with E-state index in [1.807, 2.05) is 0 Å². The Labute approximate surface area is 151 Å². The van der Waals surface area contributed by atoms with Crippen molar-refractivity contribution in [3.63, 3.8) is 0 Å². The van der Waals surface area contributed by atoms with Gasteiger partial charge < -0.3 is 5.32 Å². The lowest BCUT2D eigenvalue weighted by Gasteiger charge is -2.21. The van der Waals surface area contributed by atoms with Crippen molar-refractivity contribution in [2.45, 2.75) is 24.8 Å². The molecular formula is C17H18ClFN2O3S. The van der Waals surface area contributed by atoms with Crippen molar-refractivity contribution >= 4 is 33.2 Å². The normalized spacial score (nSPS) is 11.8. The number of carbonyl (C=O) groups is 1. The third kappa shape index (κ3) is 4.36. The fourth-order valence-electron chi connectivity index (χ4n) is 2.05. The zero-order chi connectivity index (χ0) is 18.8. The minimum absolute atomic E-state index is 0.0100. The number of nitrogens with zero attached hydrogens (tertiary/aromatic N) is 1. The molecule has 0 heterocycles. The molecule has 0 unspecified atom stereocenters. The number of sulfonamides is 1. The number of benzene rings is 2. The van der Waals surface area contributed by atoms with E-state index in [1.165, 1.54) is 47.8 Å². The summed E-state index contributed by atoms with van der Waals surface area (Å²) in [6.07, 6.45) is 0. The highest BCUT2D eigenvalue weighted by Gasteiger charge is 2.25. The first-order chi connectivity index (χ1) is 11.6. The van der Waals surface area contributed by atoms with Gasteiger partial charge in [0.15, 0.2) is 0 Å². The largest absolute Gasteiger partial charge is 0.322 e. The van der Waals surface area contributed by atoms with Crippen molar-refractivity contribution in [3.05, 3.63) is 58.9 Å². The smallest absolute Gasteiger partial charge is 0.257 e. The van der Waals surface area contributed by atoms with E-state index in [1.54, 1.807) is 13.8 Å². The van der Waals surface area contributed by atoms with Crippen LogP contribution in [0.5, 0.6) is 0 Å². The summed E-state index contributed by atoms with van der Waals surface area (Å²) in [5.41, 5.74) is 0.234. The van der Waals surface area contributed by atoms with E-state index < -0.39 is 21.7 Å². The van der Waals surface area contributed by atoms with Crippen LogP contribution < -0.4 is 5.32 Å². The third-order valence-corrected chi connectivity index (χ3v) is 6.03. The summed E-state index contributed by atoms with van der Waals surface area (Å²) in [5.74, 6) is -1.13. The quantitative estimate of drug-likeness (QED) is 0.853. The average Bonchev–Trinajstić information content (AvgIpc) is 2.54. The number of anilines is 1. The molecular weight excluding hydrogens is 367 g/mol. The molecule has 0 aliphatic heterocycles. The molecule has 0 radical (unpaired) electrons. The van der Waals surface area contributed by atoms with Crippen LogP contribution >= 0.6 is 11.6 Å². The lowest BCUT2D eigenvalue weighted by molar-refractivity contribution is 0.102. The molecule has 2 aromatic rings. The van der Waals surface area contributed by atoms with Crippen molar-refractivity contribution in [1.82, 2.24) is 4.31 Å². The van der Waals surface area contributed by atoms with Gasteiger partial charge in [0.1, 0.15) is 5.82 Å². The molecule has 5 nitrogen and oxygen atoms in total. The van der Waals surface area contributed by atoms with Gasteiger partial charge in [-0.15, -0.1) is 0 Å². The molecule has 0 fully saturated rings. The summed E-state index contributed by atoms with van der Waals surface area (Å²) in [7, 11) is -2.30. The fraction of sp³-hybridized carbons (Fsp3) is 0.235. The number of rotatable bonds is 5. The first kappa shape index (κ1) is 19.4. The van der Waals surface area contributed by atoms with Gasteiger partial charge in [-0.3, -0.25) is 4.79 Å². The van der Waals surface area contributed by atoms with Crippen LogP contribution in [0, 0.1) is 5.82 Å². The van der Waals surface area contributed by atoms with Gasteiger partial charge >= 0.3 is 0 Å². The number of hydrogen-bond acceptors (Lipinski definition) is 3. The summed E-state index contributed by atoms with van der Waals surface area (Å²) in [6, 6.07) is 9.03. The summed E-state index contributed by atoms with van der Waals surface area (Å²) in [4.78, 5) is 12.4. The zero-order valence-electron chi connectivity index (χ0n) is 14.0. The molecule has 134 valence electrons. The van der Waals surface area contributed by atoms with Gasteiger partial charge in [-0.25, -0.2) is 12.8 Å². The molecule has 2 rings (SSSR count). The number of carbonyl (C=O) groups excluding carboxylic acids is 1. The van der Waals surface area contributed by atoms with E-state index >= 15 is 0 Å². The van der Waals surface area contributed by atoms with Crippen LogP contribution in [-0.4, -0.2) is 31.7 Å². The third-order valence-electron chi connectivity index (χ3n) is 3.67. The molecule has 0 bridgehead atoms. The Balaban J connectivity index is 2.37. The first-order valence-corrected chi connectivity index (χ1v) is 9.29. The van der Waals surface area contributed by atoms with Crippen LogP contribution in [0.3, 0.4) is 0 Å². The van der Waals surface area contributed by atoms with Gasteiger partial charge in [-0.05, 0) is 50.2 Å². The molecule has 0 aromatic heterocycles. The van der Waals surface area contributed by atoms with E-state index in [2.05, 4.69) is 5.32 Å². The summed E-state index contributed by atoms with van der Waals surface area (Å²) in [6.45, 7) is 3.48. The van der Waals surface area contributed by atoms with Crippen LogP contribution in [0.1, 0.15) is 24.2 Å². The molecule has 0 spiro atoms. The Morgan fingerprint density at radius 2 is 1.88 bits per heavy atom. The van der Waals surface area contributed by atoms with Gasteiger partial charge in [0.2, 0.25) is 10.0 Å². The van der Waals surface area contributed by atoms with E-state index in [4.69, 9.17) is 11.6 Å². The van der Waals surface area contributed by atoms with Crippen molar-refractivity contribution in [2.24, 2.45) is 0 Å². The lowest BCUT2D eigenvalue weighted by atomic mass is 10.2. The Morgan fingerprint density at radius 3 is 2.48 bits per heavy atom. The summed E-state index contributed by atoms with van der Waals surface area (Å²) in [5, 5.41) is 2.60. The topological polar surface area (TPSA) is 66.5 Å². The fourth-order valence-corrected chi connectivity index (χ4v) is 3.65. The van der Waals surface area contributed by atoms with E-state index in [9.17, 15) is 17.6 Å². The number of nitrogens with one attached hydrogen (secondary N) is 1. The Morgan fingerprint density at radius 1 is 1.20 bits per heavy atom. The molecule has 0 aliphatic rings. The molecule has 2 aromatic carbocycles. The molecule has 1 amide bonds. The predicted molar refractivity (Wildman–Crippen MR) is 95.9 cm³/mol. The van der Waals surface area contributed by atoms with Gasteiger partial charge in [-0.1, -0.05) is 17.7 Å². The molecule has 1 N–H and O–H groups in total. The summed E-state index contributed by atoms with van der Waals surface area (Å²) < 4.78 is 39.5. The van der Waals surface area contributed by atoms with Crippen molar-refractivity contribution in [2.75, 3.05) is 12.4 Å². The zero-order valence-corrected chi connectivity index (χ0v) is 15.5. The Kier molecular flexibility index (Phi) is 5.82. The van der Waals surface area contributed by atoms with Crippen LogP contribution in [0.15, 0.2) is 47.4 Å². The minimum Gasteiger partial charge on any atom is -0.322 e. The maximum absolute atomic E-state index is 13.2. The highest BCUT2D eigenvalue weighted by molar-refractivity contribution is 7.89. The SMILES string of the molecule is CC(C)N(C)S(=O)(=O)c1ccc(Cl)c(C(=O)Nc2cccc(F)c2)c1. The van der Waals surface area contributed by atoms with E-state index in [0.717, 1.165) is 6.07 Å². The van der Waals surface area contributed by atoms with Gasteiger partial charge in [-0.2, -0.15) is 4.31 Å². The lowest BCUT2D eigenvalue weighted by Crippen LogP contribution is -2.33. The highest BCUT2D eigenvalue weighted by Crippen LogP contribution is 2.24. The predicted octanol–water partition coefficient (Wildman–Crippen LogP) is 3.76. The molecule has 0 atom stereocenters. The Hall–Kier alpha value is -1.96. The molecule has 0 aliphatic carbocycles. The molecule has 0 saturated heterocycles. The van der Waals surface area contributed by atoms with Crippen LogP contribution in [0.25, 0.3) is 0 Å². The second kappa shape index (κ2) is 7.51. The summed E-state index contributed by atoms with van der Waals surface area (Å²) >= 11 is 6.04. The number of amides is 1. The van der Waals surface area contributed by atoms with Crippen LogP contribution in [0.2, 0.25) is 5.02 Å². The van der Waals surface area contributed by atoms with Gasteiger partial charge in [0.25, 0.3) is 5.91 Å². The second-order valence-electron chi connectivity index (χ2n) is 5.72. The molecule has 8 heteroatoms.